The number of unbranched alkanes of at least 4 members (excludes halogenated alkanes) is 13. The number of carbonyl (C=O) groups excluding carboxylic acids is 1. The highest BCUT2D eigenvalue weighted by Gasteiger charge is 2.31. The fraction of sp³-hybridized carbons (Fsp3) is 0.903. The standard InChI is InChI=1S/C31H62NO7P/c1-6-8-10-11-12-13-14-15-16-17-18-19-20-21-23-25-31(34)38-30(27-33)28-37-40(35,36)39-29(24-22-9-7-2)26-32(3,4)5/h15-16,29-30,33H,6-14,17-28H2,1-5H3/p+1/b16-15-. The third-order valence-corrected chi connectivity index (χ3v) is 7.77. The molecule has 0 spiro atoms. The zero-order chi connectivity index (χ0) is 30.1. The summed E-state index contributed by atoms with van der Waals surface area (Å²) in [4.78, 5) is 22.4. The van der Waals surface area contributed by atoms with Crippen LogP contribution in [0.3, 0.4) is 0 Å². The van der Waals surface area contributed by atoms with E-state index in [0.29, 0.717) is 17.4 Å². The highest BCUT2D eigenvalue weighted by atomic mass is 31.2. The van der Waals surface area contributed by atoms with E-state index >= 15 is 0 Å². The number of ether oxygens (including phenoxy) is 1. The van der Waals surface area contributed by atoms with Crippen LogP contribution in [0, 0.1) is 0 Å². The maximum absolute atomic E-state index is 12.6. The third-order valence-electron chi connectivity index (χ3n) is 6.73. The van der Waals surface area contributed by atoms with E-state index in [0.717, 1.165) is 51.4 Å². The summed E-state index contributed by atoms with van der Waals surface area (Å²) in [5.41, 5.74) is 0. The lowest BCUT2D eigenvalue weighted by molar-refractivity contribution is -0.873. The molecule has 0 aliphatic rings. The first-order valence-corrected chi connectivity index (χ1v) is 17.4. The molecule has 0 bridgehead atoms. The van der Waals surface area contributed by atoms with Gasteiger partial charge in [-0.3, -0.25) is 13.8 Å². The second kappa shape index (κ2) is 24.8. The first-order valence-electron chi connectivity index (χ1n) is 15.9. The molecule has 3 atom stereocenters. The summed E-state index contributed by atoms with van der Waals surface area (Å²) in [6.07, 6.45) is 22.4. The van der Waals surface area contributed by atoms with Crippen molar-refractivity contribution in [2.24, 2.45) is 0 Å². The molecule has 0 aromatic carbocycles. The summed E-state index contributed by atoms with van der Waals surface area (Å²) in [5, 5.41) is 9.58. The average Bonchev–Trinajstić information content (AvgIpc) is 2.87. The second-order valence-electron chi connectivity index (χ2n) is 12.1. The number of hydrogen-bond acceptors (Lipinski definition) is 6. The zero-order valence-electron chi connectivity index (χ0n) is 26.5. The van der Waals surface area contributed by atoms with Gasteiger partial charge in [0.25, 0.3) is 0 Å². The molecular formula is C31H63NO7P+. The number of carbonyl (C=O) groups is 1. The van der Waals surface area contributed by atoms with Crippen molar-refractivity contribution in [3.8, 4) is 0 Å². The summed E-state index contributed by atoms with van der Waals surface area (Å²) in [5.74, 6) is -0.434. The van der Waals surface area contributed by atoms with Crippen LogP contribution >= 0.6 is 7.82 Å². The number of quaternary nitrogens is 1. The summed E-state index contributed by atoms with van der Waals surface area (Å²) in [6, 6.07) is 0. The lowest BCUT2D eigenvalue weighted by atomic mass is 10.1. The molecule has 0 amide bonds. The number of esters is 1. The molecule has 0 aliphatic heterocycles. The van der Waals surface area contributed by atoms with E-state index in [1.807, 2.05) is 21.1 Å². The van der Waals surface area contributed by atoms with Crippen molar-refractivity contribution >= 4 is 13.8 Å². The molecule has 0 rings (SSSR count). The molecule has 0 radical (unpaired) electrons. The van der Waals surface area contributed by atoms with E-state index in [1.165, 1.54) is 51.4 Å². The van der Waals surface area contributed by atoms with Crippen LogP contribution in [0.15, 0.2) is 12.2 Å². The molecule has 2 N–H and O–H groups in total. The van der Waals surface area contributed by atoms with Crippen molar-refractivity contribution in [2.45, 2.75) is 142 Å². The van der Waals surface area contributed by atoms with Gasteiger partial charge in [0.2, 0.25) is 0 Å². The van der Waals surface area contributed by atoms with Gasteiger partial charge in [-0.15, -0.1) is 0 Å². The molecule has 3 unspecified atom stereocenters. The van der Waals surface area contributed by atoms with Gasteiger partial charge in [0.05, 0.1) is 34.4 Å². The smallest absolute Gasteiger partial charge is 0.457 e. The van der Waals surface area contributed by atoms with Crippen LogP contribution in [0.1, 0.15) is 129 Å². The van der Waals surface area contributed by atoms with Crippen LogP contribution in [0.2, 0.25) is 0 Å². The Morgan fingerprint density at radius 2 is 1.32 bits per heavy atom. The topological polar surface area (TPSA) is 102 Å². The molecule has 238 valence electrons. The van der Waals surface area contributed by atoms with Crippen molar-refractivity contribution in [2.75, 3.05) is 40.9 Å². The Kier molecular flexibility index (Phi) is 24.3. The molecule has 9 heteroatoms. The minimum atomic E-state index is -4.36. The van der Waals surface area contributed by atoms with Crippen molar-refractivity contribution < 1.29 is 37.6 Å². The normalized spacial score (nSPS) is 15.3. The van der Waals surface area contributed by atoms with Gasteiger partial charge in [-0.25, -0.2) is 4.57 Å². The van der Waals surface area contributed by atoms with E-state index in [2.05, 4.69) is 26.0 Å². The molecular weight excluding hydrogens is 529 g/mol. The van der Waals surface area contributed by atoms with Gasteiger partial charge in [-0.2, -0.15) is 0 Å². The predicted molar refractivity (Wildman–Crippen MR) is 164 cm³/mol. The number of phosphoric ester groups is 1. The molecule has 0 aromatic rings. The lowest BCUT2D eigenvalue weighted by Crippen LogP contribution is -2.42. The molecule has 0 heterocycles. The maximum Gasteiger partial charge on any atom is 0.472 e. The SMILES string of the molecule is CCCCCCCC/C=C\CCCCCCCC(=O)OC(CO)COP(=O)(O)OC(CCCCC)C[N+](C)(C)C. The van der Waals surface area contributed by atoms with Crippen LogP contribution in [-0.2, 0) is 23.1 Å². The lowest BCUT2D eigenvalue weighted by Gasteiger charge is -2.30. The molecule has 8 nitrogen and oxygen atoms in total. The zero-order valence-corrected chi connectivity index (χ0v) is 27.4. The summed E-state index contributed by atoms with van der Waals surface area (Å²) in [6.45, 7) is 4.03. The van der Waals surface area contributed by atoms with Crippen LogP contribution in [0.4, 0.5) is 0 Å². The Morgan fingerprint density at radius 3 is 1.88 bits per heavy atom. The number of aliphatic hydroxyl groups excluding tert-OH is 1. The van der Waals surface area contributed by atoms with Gasteiger partial charge in [-0.05, 0) is 38.5 Å². The average molecular weight is 593 g/mol. The van der Waals surface area contributed by atoms with Gasteiger partial charge in [0, 0.05) is 6.42 Å². The van der Waals surface area contributed by atoms with E-state index in [9.17, 15) is 19.4 Å². The summed E-state index contributed by atoms with van der Waals surface area (Å²) >= 11 is 0. The Hall–Kier alpha value is -0.760. The number of nitrogens with zero attached hydrogens (tertiary/aromatic N) is 1. The fourth-order valence-electron chi connectivity index (χ4n) is 4.52. The van der Waals surface area contributed by atoms with Gasteiger partial charge < -0.3 is 19.2 Å². The molecule has 0 saturated carbocycles. The Balaban J connectivity index is 4.09. The number of aliphatic hydroxyl groups is 1. The van der Waals surface area contributed by atoms with E-state index in [1.54, 1.807) is 0 Å². The number of likely N-dealkylation sites (N-methyl/N-ethyl adjacent to an activating group) is 1. The maximum atomic E-state index is 12.6. The van der Waals surface area contributed by atoms with Gasteiger partial charge >= 0.3 is 13.8 Å². The van der Waals surface area contributed by atoms with E-state index in [4.69, 9.17) is 13.8 Å². The van der Waals surface area contributed by atoms with Crippen molar-refractivity contribution in [1.82, 2.24) is 0 Å². The van der Waals surface area contributed by atoms with Crippen LogP contribution in [0.5, 0.6) is 0 Å². The Bertz CT molecular complexity index is 681. The number of hydrogen-bond donors (Lipinski definition) is 2. The first kappa shape index (κ1) is 39.2. The first-order chi connectivity index (χ1) is 19.0. The predicted octanol–water partition coefficient (Wildman–Crippen LogP) is 7.72. The van der Waals surface area contributed by atoms with Crippen molar-refractivity contribution in [3.63, 3.8) is 0 Å². The highest BCUT2D eigenvalue weighted by Crippen LogP contribution is 2.45. The molecule has 40 heavy (non-hydrogen) atoms. The quantitative estimate of drug-likeness (QED) is 0.0315. The molecule has 0 aliphatic carbocycles. The highest BCUT2D eigenvalue weighted by molar-refractivity contribution is 7.47. The Morgan fingerprint density at radius 1 is 0.800 bits per heavy atom. The van der Waals surface area contributed by atoms with Gasteiger partial charge in [0.15, 0.2) is 0 Å². The summed E-state index contributed by atoms with van der Waals surface area (Å²) in [7, 11) is 1.63. The van der Waals surface area contributed by atoms with Gasteiger partial charge in [-0.1, -0.05) is 96.6 Å². The monoisotopic (exact) mass is 592 g/mol. The summed E-state index contributed by atoms with van der Waals surface area (Å²) < 4.78 is 29.0. The van der Waals surface area contributed by atoms with Crippen LogP contribution < -0.4 is 0 Å². The number of rotatable bonds is 28. The van der Waals surface area contributed by atoms with Gasteiger partial charge in [0.1, 0.15) is 18.8 Å². The molecule has 0 saturated heterocycles. The minimum Gasteiger partial charge on any atom is -0.457 e. The van der Waals surface area contributed by atoms with Crippen LogP contribution in [-0.4, -0.2) is 73.6 Å². The third kappa shape index (κ3) is 26.2. The minimum absolute atomic E-state index is 0.255. The molecule has 0 aromatic heterocycles. The van der Waals surface area contributed by atoms with Crippen LogP contribution in [0.25, 0.3) is 0 Å². The second-order valence-corrected chi connectivity index (χ2v) is 13.5. The van der Waals surface area contributed by atoms with E-state index < -0.39 is 39.2 Å². The fourth-order valence-corrected chi connectivity index (χ4v) is 5.48. The number of allylic oxidation sites excluding steroid dienone is 2. The van der Waals surface area contributed by atoms with E-state index in [-0.39, 0.29) is 6.42 Å². The Labute approximate surface area is 246 Å². The largest absolute Gasteiger partial charge is 0.472 e. The number of phosphoric acid groups is 1. The van der Waals surface area contributed by atoms with Crippen molar-refractivity contribution in [3.05, 3.63) is 12.2 Å². The molecule has 0 fully saturated rings. The van der Waals surface area contributed by atoms with Crippen molar-refractivity contribution in [1.29, 1.82) is 0 Å².